The molecule has 16 rings (SSSR count). The molecule has 0 amide bonds. The number of hydrogen-bond donors (Lipinski definition) is 0. The molecule has 0 radical (unpaired) electrons. The highest BCUT2D eigenvalue weighted by molar-refractivity contribution is 6.11. The Morgan fingerprint density at radius 3 is 1.15 bits per heavy atom. The van der Waals surface area contributed by atoms with Crippen LogP contribution in [-0.2, 0) is 5.41 Å². The molecular formula is C91H70N2O2. The van der Waals surface area contributed by atoms with E-state index in [-0.39, 0.29) is 5.41 Å². The molecule has 4 heteroatoms. The van der Waals surface area contributed by atoms with Crippen LogP contribution in [0, 0.1) is 34.6 Å². The minimum atomic E-state index is -0.0427. The van der Waals surface area contributed by atoms with Crippen molar-refractivity contribution in [2.24, 2.45) is 0 Å². The molecular weight excluding hydrogens is 1150 g/mol. The second-order valence-electron chi connectivity index (χ2n) is 26.5. The van der Waals surface area contributed by atoms with Crippen molar-refractivity contribution in [1.29, 1.82) is 0 Å². The van der Waals surface area contributed by atoms with Gasteiger partial charge in [-0.3, -0.25) is 9.97 Å². The standard InChI is InChI=1S/C91H70N2O2/c1-55-48-83(93-54-82(55)60-24-10-9-11-25-60)65-42-44-72(80(51-65)63-28-20-26-61(49-63)68-36-22-38-78-74-32-16-18-40-85(74)94-89(68)78)70-30-12-14-34-76(70)87-56(2)58(4)88(59(5)57(87)3)77-35-15-13-31-71(77)73-45-43-66(84-53-67(46-47-92-84)91(6,7)8)52-81(73)64-29-21-27-62(50-64)69-37-23-39-79-75-33-17-19-41-86(75)95-90(69)79/h9-54H,1-8H3. The summed E-state index contributed by atoms with van der Waals surface area (Å²) in [7, 11) is 0. The van der Waals surface area contributed by atoms with Crippen LogP contribution in [0.3, 0.4) is 0 Å². The number of furan rings is 2. The molecule has 95 heavy (non-hydrogen) atoms. The molecule has 0 unspecified atom stereocenters. The van der Waals surface area contributed by atoms with Crippen LogP contribution >= 0.6 is 0 Å². The third-order valence-electron chi connectivity index (χ3n) is 19.8. The summed E-state index contributed by atoms with van der Waals surface area (Å²) in [5.74, 6) is 0. The van der Waals surface area contributed by atoms with Gasteiger partial charge >= 0.3 is 0 Å². The molecule has 0 aliphatic heterocycles. The van der Waals surface area contributed by atoms with Crippen LogP contribution in [0.4, 0.5) is 0 Å². The summed E-state index contributed by atoms with van der Waals surface area (Å²) in [6, 6.07) is 96.7. The highest BCUT2D eigenvalue weighted by atomic mass is 16.3. The minimum Gasteiger partial charge on any atom is -0.455 e. The SMILES string of the molecule is Cc1cc(-c2ccc(-c3ccccc3-c3c(C)c(C)c(-c4ccccc4-c4ccc(-c5cc(C(C)(C)C)ccn5)cc4-c4cccc(-c5cccc6c5oc5ccccc56)c4)c(C)c3C)c(-c3cccc(-c4cccc5c4oc4ccccc45)c3)c2)ncc1-c1ccccc1. The Balaban J connectivity index is 0.841. The van der Waals surface area contributed by atoms with E-state index < -0.39 is 0 Å². The number of aryl methyl sites for hydroxylation is 1. The van der Waals surface area contributed by atoms with E-state index in [4.69, 9.17) is 18.8 Å². The fourth-order valence-electron chi connectivity index (χ4n) is 14.7. The lowest BCUT2D eigenvalue weighted by Gasteiger charge is -2.25. The largest absolute Gasteiger partial charge is 0.455 e. The van der Waals surface area contributed by atoms with Gasteiger partial charge in [-0.15, -0.1) is 0 Å². The smallest absolute Gasteiger partial charge is 0.143 e. The normalized spacial score (nSPS) is 11.8. The summed E-state index contributed by atoms with van der Waals surface area (Å²) in [6.07, 6.45) is 3.98. The molecule has 456 valence electrons. The predicted molar refractivity (Wildman–Crippen MR) is 399 cm³/mol. The Kier molecular flexibility index (Phi) is 14.6. The third-order valence-corrected chi connectivity index (χ3v) is 19.8. The van der Waals surface area contributed by atoms with Crippen LogP contribution in [-0.4, -0.2) is 9.97 Å². The molecule has 12 aromatic carbocycles. The van der Waals surface area contributed by atoms with Gasteiger partial charge in [0.1, 0.15) is 22.3 Å². The van der Waals surface area contributed by atoms with Gasteiger partial charge in [-0.1, -0.05) is 233 Å². The van der Waals surface area contributed by atoms with Gasteiger partial charge in [-0.2, -0.15) is 0 Å². The van der Waals surface area contributed by atoms with Gasteiger partial charge in [0.2, 0.25) is 0 Å². The maximum absolute atomic E-state index is 6.66. The molecule has 0 fully saturated rings. The van der Waals surface area contributed by atoms with Gasteiger partial charge < -0.3 is 8.83 Å². The van der Waals surface area contributed by atoms with Crippen molar-refractivity contribution in [3.63, 3.8) is 0 Å². The van der Waals surface area contributed by atoms with Crippen molar-refractivity contribution in [2.45, 2.75) is 60.8 Å². The first-order valence-corrected chi connectivity index (χ1v) is 32.9. The zero-order valence-corrected chi connectivity index (χ0v) is 54.8. The maximum Gasteiger partial charge on any atom is 0.143 e. The lowest BCUT2D eigenvalue weighted by Crippen LogP contribution is -2.11. The van der Waals surface area contributed by atoms with Gasteiger partial charge in [0.15, 0.2) is 0 Å². The van der Waals surface area contributed by atoms with E-state index in [0.717, 1.165) is 144 Å². The van der Waals surface area contributed by atoms with Gasteiger partial charge in [0.25, 0.3) is 0 Å². The fourth-order valence-corrected chi connectivity index (χ4v) is 14.7. The molecule has 0 atom stereocenters. The number of aromatic nitrogens is 2. The molecule has 16 aromatic rings. The van der Waals surface area contributed by atoms with Crippen LogP contribution in [0.5, 0.6) is 0 Å². The summed E-state index contributed by atoms with van der Waals surface area (Å²) in [5.41, 5.74) is 35.4. The first kappa shape index (κ1) is 58.6. The van der Waals surface area contributed by atoms with Gasteiger partial charge in [-0.25, -0.2) is 0 Å². The second-order valence-corrected chi connectivity index (χ2v) is 26.5. The summed E-state index contributed by atoms with van der Waals surface area (Å²) in [5, 5.41) is 4.45. The van der Waals surface area contributed by atoms with Crippen LogP contribution < -0.4 is 0 Å². The Labute approximate surface area is 555 Å². The molecule has 0 bridgehead atoms. The summed E-state index contributed by atoms with van der Waals surface area (Å²) in [4.78, 5) is 10.2. The Morgan fingerprint density at radius 2 is 0.663 bits per heavy atom. The molecule has 0 aliphatic carbocycles. The first-order chi connectivity index (χ1) is 46.3. The predicted octanol–water partition coefficient (Wildman–Crippen LogP) is 25.5. The van der Waals surface area contributed by atoms with Crippen molar-refractivity contribution in [3.05, 3.63) is 313 Å². The fraction of sp³-hybridized carbons (Fsp3) is 0.0989. The van der Waals surface area contributed by atoms with Crippen molar-refractivity contribution >= 4 is 43.9 Å². The van der Waals surface area contributed by atoms with Crippen LogP contribution in [0.25, 0.3) is 167 Å². The second kappa shape index (κ2) is 23.6. The molecule has 0 saturated heterocycles. The van der Waals surface area contributed by atoms with Gasteiger partial charge in [-0.05, 0) is 211 Å². The van der Waals surface area contributed by atoms with Crippen molar-refractivity contribution in [1.82, 2.24) is 9.97 Å². The van der Waals surface area contributed by atoms with E-state index >= 15 is 0 Å². The average molecular weight is 1220 g/mol. The summed E-state index contributed by atoms with van der Waals surface area (Å²) in [6.45, 7) is 18.3. The van der Waals surface area contributed by atoms with E-state index in [1.165, 1.54) is 55.6 Å². The Hall–Kier alpha value is -11.5. The maximum atomic E-state index is 6.66. The third kappa shape index (κ3) is 10.3. The molecule has 0 aliphatic rings. The van der Waals surface area contributed by atoms with E-state index in [0.29, 0.717) is 0 Å². The molecule has 4 heterocycles. The number of pyridine rings is 2. The topological polar surface area (TPSA) is 52.1 Å². The van der Waals surface area contributed by atoms with Crippen LogP contribution in [0.2, 0.25) is 0 Å². The Morgan fingerprint density at radius 1 is 0.274 bits per heavy atom. The van der Waals surface area contributed by atoms with E-state index in [2.05, 4.69) is 310 Å². The minimum absolute atomic E-state index is 0.0427. The molecule has 0 spiro atoms. The van der Waals surface area contributed by atoms with Gasteiger partial charge in [0, 0.05) is 61.8 Å². The number of rotatable bonds is 11. The average Bonchev–Trinajstić information content (AvgIpc) is 1.01. The zero-order chi connectivity index (χ0) is 64.6. The molecule has 4 nitrogen and oxygen atoms in total. The molecule has 0 N–H and O–H groups in total. The lowest BCUT2D eigenvalue weighted by atomic mass is 9.79. The van der Waals surface area contributed by atoms with Crippen LogP contribution in [0.1, 0.15) is 54.2 Å². The van der Waals surface area contributed by atoms with Crippen LogP contribution in [0.15, 0.2) is 288 Å². The number of fused-ring (bicyclic) bond motifs is 6. The van der Waals surface area contributed by atoms with Crippen molar-refractivity contribution in [3.8, 4) is 123 Å². The van der Waals surface area contributed by atoms with Crippen molar-refractivity contribution < 1.29 is 8.83 Å². The quantitative estimate of drug-likeness (QED) is 0.129. The number of benzene rings is 12. The highest BCUT2D eigenvalue weighted by Crippen LogP contribution is 2.50. The van der Waals surface area contributed by atoms with Gasteiger partial charge in [0.05, 0.1) is 11.4 Å². The summed E-state index contributed by atoms with van der Waals surface area (Å²) >= 11 is 0. The lowest BCUT2D eigenvalue weighted by molar-refractivity contribution is 0.589. The Bertz CT molecular complexity index is 5690. The van der Waals surface area contributed by atoms with E-state index in [1.54, 1.807) is 0 Å². The number of nitrogens with zero attached hydrogens (tertiary/aromatic N) is 2. The summed E-state index contributed by atoms with van der Waals surface area (Å²) < 4.78 is 13.3. The molecule has 0 saturated carbocycles. The first-order valence-electron chi connectivity index (χ1n) is 32.9. The molecule has 4 aromatic heterocycles. The monoisotopic (exact) mass is 1220 g/mol. The zero-order valence-electron chi connectivity index (χ0n) is 54.8. The van der Waals surface area contributed by atoms with E-state index in [1.807, 2.05) is 24.5 Å². The van der Waals surface area contributed by atoms with E-state index in [9.17, 15) is 0 Å². The number of hydrogen-bond acceptors (Lipinski definition) is 4. The number of para-hydroxylation sites is 4. The highest BCUT2D eigenvalue weighted by Gasteiger charge is 2.26. The van der Waals surface area contributed by atoms with Crippen molar-refractivity contribution in [2.75, 3.05) is 0 Å².